The Hall–Kier alpha value is -0.870. The van der Waals surface area contributed by atoms with Crippen LogP contribution in [0.15, 0.2) is 28.7 Å². The van der Waals surface area contributed by atoms with Crippen LogP contribution in [-0.4, -0.2) is 48.4 Å². The van der Waals surface area contributed by atoms with Gasteiger partial charge in [0, 0.05) is 37.2 Å². The minimum Gasteiger partial charge on any atom is -0.339 e. The first-order chi connectivity index (χ1) is 10.7. The Balaban J connectivity index is 1.40. The minimum absolute atomic E-state index is 0.209. The van der Waals surface area contributed by atoms with Gasteiger partial charge in [0.2, 0.25) is 5.91 Å². The topological polar surface area (TPSA) is 23.6 Å². The third-order valence-electron chi connectivity index (χ3n) is 5.43. The first-order valence-corrected chi connectivity index (χ1v) is 9.24. The molecule has 3 fully saturated rings. The lowest BCUT2D eigenvalue weighted by atomic mass is 9.94. The van der Waals surface area contributed by atoms with E-state index in [1.54, 1.807) is 0 Å². The number of amides is 1. The van der Waals surface area contributed by atoms with Gasteiger partial charge < -0.3 is 4.90 Å². The fourth-order valence-corrected chi connectivity index (χ4v) is 3.89. The predicted molar refractivity (Wildman–Crippen MR) is 90.8 cm³/mol. The van der Waals surface area contributed by atoms with Crippen LogP contribution in [0.1, 0.15) is 31.2 Å². The van der Waals surface area contributed by atoms with Crippen LogP contribution in [0, 0.1) is 5.92 Å². The van der Waals surface area contributed by atoms with Crippen molar-refractivity contribution in [1.29, 1.82) is 0 Å². The van der Waals surface area contributed by atoms with Crippen molar-refractivity contribution in [2.45, 2.75) is 31.1 Å². The molecule has 3 nitrogen and oxygen atoms in total. The van der Waals surface area contributed by atoms with E-state index in [-0.39, 0.29) is 5.41 Å². The lowest BCUT2D eigenvalue weighted by Crippen LogP contribution is -2.51. The maximum Gasteiger partial charge on any atom is 0.233 e. The number of benzene rings is 1. The summed E-state index contributed by atoms with van der Waals surface area (Å²) in [7, 11) is 0. The van der Waals surface area contributed by atoms with E-state index < -0.39 is 0 Å². The quantitative estimate of drug-likeness (QED) is 0.821. The van der Waals surface area contributed by atoms with Gasteiger partial charge in [0.05, 0.1) is 5.41 Å². The molecule has 3 aliphatic rings. The number of hydrogen-bond acceptors (Lipinski definition) is 2. The molecule has 0 radical (unpaired) electrons. The molecule has 2 aliphatic carbocycles. The predicted octanol–water partition coefficient (Wildman–Crippen LogP) is 3.03. The molecule has 4 heteroatoms. The zero-order valence-corrected chi connectivity index (χ0v) is 14.5. The van der Waals surface area contributed by atoms with Crippen molar-refractivity contribution in [2.24, 2.45) is 5.92 Å². The molecular weight excluding hydrogens is 340 g/mol. The maximum absolute atomic E-state index is 13.0. The smallest absolute Gasteiger partial charge is 0.233 e. The fourth-order valence-electron chi connectivity index (χ4n) is 3.62. The molecule has 2 saturated carbocycles. The third-order valence-corrected chi connectivity index (χ3v) is 5.96. The molecule has 0 spiro atoms. The molecule has 1 aromatic carbocycles. The van der Waals surface area contributed by atoms with Crippen LogP contribution in [0.4, 0.5) is 0 Å². The molecule has 22 heavy (non-hydrogen) atoms. The Morgan fingerprint density at radius 1 is 1.09 bits per heavy atom. The molecule has 1 saturated heterocycles. The number of carbonyl (C=O) groups is 1. The van der Waals surface area contributed by atoms with E-state index in [1.807, 2.05) is 0 Å². The summed E-state index contributed by atoms with van der Waals surface area (Å²) < 4.78 is 1.08. The van der Waals surface area contributed by atoms with Crippen LogP contribution in [0.2, 0.25) is 0 Å². The second kappa shape index (κ2) is 5.64. The van der Waals surface area contributed by atoms with Gasteiger partial charge >= 0.3 is 0 Å². The van der Waals surface area contributed by atoms with Crippen LogP contribution >= 0.6 is 15.9 Å². The molecule has 1 heterocycles. The van der Waals surface area contributed by atoms with E-state index >= 15 is 0 Å². The highest BCUT2D eigenvalue weighted by molar-refractivity contribution is 9.10. The van der Waals surface area contributed by atoms with E-state index in [1.165, 1.54) is 24.9 Å². The zero-order chi connectivity index (χ0) is 15.2. The molecule has 0 bridgehead atoms. The Morgan fingerprint density at radius 3 is 2.27 bits per heavy atom. The highest BCUT2D eigenvalue weighted by atomic mass is 79.9. The number of rotatable bonds is 4. The van der Waals surface area contributed by atoms with Crippen molar-refractivity contribution in [3.63, 3.8) is 0 Å². The molecule has 1 amide bonds. The van der Waals surface area contributed by atoms with Gasteiger partial charge in [-0.2, -0.15) is 0 Å². The molecule has 0 N–H and O–H groups in total. The molecule has 0 aromatic heterocycles. The SMILES string of the molecule is O=C(N1CCN(CC2CC2)CC1)C1(c2ccc(Br)cc2)CC1. The normalized spacial score (nSPS) is 24.3. The zero-order valence-electron chi connectivity index (χ0n) is 12.9. The monoisotopic (exact) mass is 362 g/mol. The van der Waals surface area contributed by atoms with Gasteiger partial charge in [0.25, 0.3) is 0 Å². The van der Waals surface area contributed by atoms with E-state index in [0.717, 1.165) is 49.4 Å². The van der Waals surface area contributed by atoms with Gasteiger partial charge in [-0.1, -0.05) is 28.1 Å². The highest BCUT2D eigenvalue weighted by Gasteiger charge is 2.53. The highest BCUT2D eigenvalue weighted by Crippen LogP contribution is 2.49. The Morgan fingerprint density at radius 2 is 1.73 bits per heavy atom. The first-order valence-electron chi connectivity index (χ1n) is 8.45. The van der Waals surface area contributed by atoms with Gasteiger partial charge in [-0.05, 0) is 49.3 Å². The summed E-state index contributed by atoms with van der Waals surface area (Å²) in [6.07, 6.45) is 4.84. The van der Waals surface area contributed by atoms with E-state index in [0.29, 0.717) is 5.91 Å². The molecule has 0 unspecified atom stereocenters. The van der Waals surface area contributed by atoms with E-state index in [9.17, 15) is 4.79 Å². The van der Waals surface area contributed by atoms with Gasteiger partial charge in [0.1, 0.15) is 0 Å². The first kappa shape index (κ1) is 14.7. The van der Waals surface area contributed by atoms with E-state index in [4.69, 9.17) is 0 Å². The summed E-state index contributed by atoms with van der Waals surface area (Å²) in [4.78, 5) is 17.7. The van der Waals surface area contributed by atoms with Crippen molar-refractivity contribution in [1.82, 2.24) is 9.80 Å². The number of carbonyl (C=O) groups excluding carboxylic acids is 1. The number of piperazine rings is 1. The largest absolute Gasteiger partial charge is 0.339 e. The summed E-state index contributed by atoms with van der Waals surface area (Å²) in [6.45, 7) is 5.17. The summed E-state index contributed by atoms with van der Waals surface area (Å²) >= 11 is 3.48. The van der Waals surface area contributed by atoms with Crippen LogP contribution < -0.4 is 0 Å². The molecule has 118 valence electrons. The number of nitrogens with zero attached hydrogens (tertiary/aromatic N) is 2. The molecule has 1 aliphatic heterocycles. The molecule has 0 atom stereocenters. The minimum atomic E-state index is -0.209. The lowest BCUT2D eigenvalue weighted by Gasteiger charge is -2.36. The van der Waals surface area contributed by atoms with Crippen molar-refractivity contribution in [2.75, 3.05) is 32.7 Å². The summed E-state index contributed by atoms with van der Waals surface area (Å²) in [5.41, 5.74) is 0.987. The van der Waals surface area contributed by atoms with Crippen molar-refractivity contribution in [3.8, 4) is 0 Å². The molecular formula is C18H23BrN2O. The lowest BCUT2D eigenvalue weighted by molar-refractivity contribution is -0.135. The number of hydrogen-bond donors (Lipinski definition) is 0. The van der Waals surface area contributed by atoms with Gasteiger partial charge in [0.15, 0.2) is 0 Å². The molecule has 1 aromatic rings. The summed E-state index contributed by atoms with van der Waals surface area (Å²) in [5, 5.41) is 0. The van der Waals surface area contributed by atoms with Crippen LogP contribution in [0.25, 0.3) is 0 Å². The van der Waals surface area contributed by atoms with E-state index in [2.05, 4.69) is 50.0 Å². The average molecular weight is 363 g/mol. The van der Waals surface area contributed by atoms with Crippen molar-refractivity contribution >= 4 is 21.8 Å². The average Bonchev–Trinajstić information content (AvgIpc) is 3.43. The second-order valence-corrected chi connectivity index (χ2v) is 8.04. The second-order valence-electron chi connectivity index (χ2n) is 7.13. The summed E-state index contributed by atoms with van der Waals surface area (Å²) in [5.74, 6) is 1.31. The van der Waals surface area contributed by atoms with Gasteiger partial charge in [-0.3, -0.25) is 9.69 Å². The van der Waals surface area contributed by atoms with Crippen molar-refractivity contribution in [3.05, 3.63) is 34.3 Å². The summed E-state index contributed by atoms with van der Waals surface area (Å²) in [6, 6.07) is 8.32. The van der Waals surface area contributed by atoms with Gasteiger partial charge in [-0.25, -0.2) is 0 Å². The van der Waals surface area contributed by atoms with Crippen LogP contribution in [-0.2, 0) is 10.2 Å². The van der Waals surface area contributed by atoms with Crippen LogP contribution in [0.3, 0.4) is 0 Å². The Kier molecular flexibility index (Phi) is 3.77. The fraction of sp³-hybridized carbons (Fsp3) is 0.611. The van der Waals surface area contributed by atoms with Gasteiger partial charge in [-0.15, -0.1) is 0 Å². The maximum atomic E-state index is 13.0. The standard InChI is InChI=1S/C18H23BrN2O/c19-16-5-3-15(4-6-16)18(7-8-18)17(22)21-11-9-20(10-12-21)13-14-1-2-14/h3-6,14H,1-2,7-13H2. The molecule has 4 rings (SSSR count). The third kappa shape index (κ3) is 2.83. The number of halogens is 1. The van der Waals surface area contributed by atoms with Crippen molar-refractivity contribution < 1.29 is 4.79 Å². The Labute approximate surface area is 140 Å². The Bertz CT molecular complexity index is 555. The van der Waals surface area contributed by atoms with Crippen LogP contribution in [0.5, 0.6) is 0 Å².